The first kappa shape index (κ1) is 20.6. The van der Waals surface area contributed by atoms with Crippen LogP contribution in [0.25, 0.3) is 0 Å². The molecule has 0 saturated heterocycles. The molecule has 0 rings (SSSR count). The topological polar surface area (TPSA) is 23.9 Å². The van der Waals surface area contributed by atoms with E-state index in [9.17, 15) is 0 Å². The van der Waals surface area contributed by atoms with Crippen molar-refractivity contribution in [3.63, 3.8) is 0 Å². The van der Waals surface area contributed by atoms with Crippen molar-refractivity contribution < 1.29 is 0 Å². The molecule has 18 heavy (non-hydrogen) atoms. The van der Waals surface area contributed by atoms with E-state index in [0.717, 1.165) is 25.0 Å². The van der Waals surface area contributed by atoms with Crippen LogP contribution < -0.4 is 0 Å². The zero-order chi connectivity index (χ0) is 12.8. The molecule has 0 aromatic carbocycles. The molecule has 0 aromatic rings. The van der Waals surface area contributed by atoms with Crippen molar-refractivity contribution in [1.82, 2.24) is 0 Å². The summed E-state index contributed by atoms with van der Waals surface area (Å²) in [5, 5.41) is 7.83. The first-order chi connectivity index (χ1) is 8.31. The van der Waals surface area contributed by atoms with Crippen LogP contribution in [0.2, 0.25) is 0 Å². The molecule has 1 nitrogen and oxygen atoms in total. The maximum atomic E-state index is 7.83. The van der Waals surface area contributed by atoms with Crippen LogP contribution in [0, 0.1) is 12.3 Å². The predicted molar refractivity (Wildman–Crippen MR) is 85.9 cm³/mol. The van der Waals surface area contributed by atoms with E-state index >= 15 is 0 Å². The van der Waals surface area contributed by atoms with Crippen LogP contribution >= 0.6 is 0 Å². The van der Waals surface area contributed by atoms with Crippen LogP contribution in [0.15, 0.2) is 0 Å². The van der Waals surface area contributed by atoms with E-state index in [1.807, 2.05) is 0 Å². The Morgan fingerprint density at radius 2 is 1.22 bits per heavy atom. The maximum absolute atomic E-state index is 7.83. The van der Waals surface area contributed by atoms with Crippen molar-refractivity contribution in [1.29, 1.82) is 5.41 Å². The molecule has 0 aromatic heterocycles. The molecule has 0 aliphatic carbocycles. The predicted octanol–water partition coefficient (Wildman–Crippen LogP) is 5.28. The van der Waals surface area contributed by atoms with Gasteiger partial charge in [-0.3, -0.25) is 0 Å². The molecule has 0 aliphatic rings. The van der Waals surface area contributed by atoms with Gasteiger partial charge in [0.05, 0.1) is 0 Å². The van der Waals surface area contributed by atoms with E-state index in [2.05, 4.69) is 13.8 Å². The summed E-state index contributed by atoms with van der Waals surface area (Å²) in [5.74, 6) is 0. The molecule has 1 N–H and O–H groups in total. The van der Waals surface area contributed by atoms with Crippen LogP contribution in [0.4, 0.5) is 0 Å². The van der Waals surface area contributed by atoms with E-state index in [1.54, 1.807) is 0 Å². The molecule has 1 radical (unpaired) electrons. The van der Waals surface area contributed by atoms with Crippen molar-refractivity contribution in [3.05, 3.63) is 6.92 Å². The first-order valence-electron chi connectivity index (χ1n) is 7.66. The zero-order valence-electron chi connectivity index (χ0n) is 11.9. The fraction of sp³-hybridized carbons (Fsp3) is 0.875. The van der Waals surface area contributed by atoms with Gasteiger partial charge in [0.25, 0.3) is 0 Å². The van der Waals surface area contributed by atoms with Crippen LogP contribution in [-0.2, 0) is 0 Å². The molecule has 0 spiro atoms. The Labute approximate surface area is 127 Å². The summed E-state index contributed by atoms with van der Waals surface area (Å²) in [7, 11) is 0. The van der Waals surface area contributed by atoms with Gasteiger partial charge in [-0.15, -0.1) is 0 Å². The van der Waals surface area contributed by atoms with Crippen molar-refractivity contribution in [3.8, 4) is 0 Å². The summed E-state index contributed by atoms with van der Waals surface area (Å²) < 4.78 is 0. The van der Waals surface area contributed by atoms with Crippen LogP contribution in [0.1, 0.15) is 90.4 Å². The summed E-state index contributed by atoms with van der Waals surface area (Å²) in [5.41, 5.74) is 0.982. The van der Waals surface area contributed by atoms with Crippen molar-refractivity contribution >= 4 is 24.6 Å². The Morgan fingerprint density at radius 1 is 0.778 bits per heavy atom. The second-order valence-electron chi connectivity index (χ2n) is 5.14. The van der Waals surface area contributed by atoms with Gasteiger partial charge in [0.2, 0.25) is 0 Å². The third kappa shape index (κ3) is 16.3. The zero-order valence-corrected chi connectivity index (χ0v) is 11.9. The van der Waals surface area contributed by atoms with Gasteiger partial charge in [0.15, 0.2) is 0 Å². The Morgan fingerprint density at radius 3 is 1.72 bits per heavy atom. The number of hydrogen-bond donors (Lipinski definition) is 1. The second-order valence-corrected chi connectivity index (χ2v) is 5.14. The number of rotatable bonds is 13. The summed E-state index contributed by atoms with van der Waals surface area (Å²) in [4.78, 5) is 0. The summed E-state index contributed by atoms with van der Waals surface area (Å²) >= 11 is 0. The molecule has 0 saturated carbocycles. The van der Waals surface area contributed by atoms with E-state index in [0.29, 0.717) is 0 Å². The van der Waals surface area contributed by atoms with Gasteiger partial charge in [0.1, 0.15) is 0 Å². The Bertz CT molecular complexity index is 168. The molecule has 0 fully saturated rings. The minimum absolute atomic E-state index is 0. The molecular weight excluding hydrogens is 213 g/mol. The number of unbranched alkanes of at least 4 members (excludes halogenated alkanes) is 9. The molecule has 0 amide bonds. The van der Waals surface area contributed by atoms with Crippen LogP contribution in [-0.4, -0.2) is 24.6 Å². The fourth-order valence-electron chi connectivity index (χ4n) is 2.11. The molecule has 0 aliphatic heterocycles. The molecular formula is C16H33LiN. The first-order valence-corrected chi connectivity index (χ1v) is 7.66. The van der Waals surface area contributed by atoms with Crippen LogP contribution in [0.3, 0.4) is 0 Å². The van der Waals surface area contributed by atoms with E-state index < -0.39 is 0 Å². The van der Waals surface area contributed by atoms with Crippen molar-refractivity contribution in [2.24, 2.45) is 0 Å². The molecule has 2 heteroatoms. The number of hydrogen-bond acceptors (Lipinski definition) is 1. The molecule has 0 heterocycles. The van der Waals surface area contributed by atoms with Gasteiger partial charge in [-0.2, -0.15) is 0 Å². The van der Waals surface area contributed by atoms with Gasteiger partial charge in [-0.25, -0.2) is 0 Å². The number of nitrogens with one attached hydrogen (secondary N) is 1. The summed E-state index contributed by atoms with van der Waals surface area (Å²) in [6.07, 6.45) is 16.3. The van der Waals surface area contributed by atoms with Crippen molar-refractivity contribution in [2.45, 2.75) is 90.4 Å². The van der Waals surface area contributed by atoms with E-state index in [1.165, 1.54) is 64.2 Å². The molecule has 0 bridgehead atoms. The average molecular weight is 246 g/mol. The van der Waals surface area contributed by atoms with Crippen LogP contribution in [0.5, 0.6) is 0 Å². The molecule has 103 valence electrons. The second kappa shape index (κ2) is 17.3. The Balaban J connectivity index is 0. The van der Waals surface area contributed by atoms with Gasteiger partial charge in [-0.05, 0) is 25.7 Å². The summed E-state index contributed by atoms with van der Waals surface area (Å²) in [6.45, 7) is 6.08. The van der Waals surface area contributed by atoms with Crippen molar-refractivity contribution in [2.75, 3.05) is 0 Å². The third-order valence-electron chi connectivity index (χ3n) is 3.31. The third-order valence-corrected chi connectivity index (χ3v) is 3.31. The molecule has 0 atom stereocenters. The van der Waals surface area contributed by atoms with Gasteiger partial charge in [0, 0.05) is 5.71 Å². The van der Waals surface area contributed by atoms with Gasteiger partial charge in [-0.1, -0.05) is 71.6 Å². The monoisotopic (exact) mass is 246 g/mol. The van der Waals surface area contributed by atoms with Gasteiger partial charge >= 0.3 is 18.9 Å². The summed E-state index contributed by atoms with van der Waals surface area (Å²) in [6, 6.07) is 0. The van der Waals surface area contributed by atoms with Gasteiger partial charge < -0.3 is 5.41 Å². The van der Waals surface area contributed by atoms with E-state index in [4.69, 9.17) is 5.41 Å². The normalized spacial score (nSPS) is 10.1. The van der Waals surface area contributed by atoms with E-state index in [-0.39, 0.29) is 18.9 Å². The SMILES string of the molecule is [CH2]CCCCCCCCCC(=N)CCCCC.[LiH]. The Hall–Kier alpha value is 0.267. The molecule has 0 unspecified atom stereocenters. The standard InChI is InChI=1S/C16H32N.Li.H/c1-3-5-7-8-9-10-11-13-15-16(17)14-12-6-4-2;;/h17H,1,3-15H2,2H3;;. The Kier molecular flexibility index (Phi) is 19.7. The quantitative estimate of drug-likeness (QED) is 0.259. The average Bonchev–Trinajstić information content (AvgIpc) is 2.33. The minimum atomic E-state index is 0. The fourth-order valence-corrected chi connectivity index (χ4v) is 2.11.